The number of hydrogen-bond acceptors (Lipinski definition) is 1. The summed E-state index contributed by atoms with van der Waals surface area (Å²) >= 11 is 0. The van der Waals surface area contributed by atoms with Gasteiger partial charge < -0.3 is 0 Å². The van der Waals surface area contributed by atoms with E-state index in [9.17, 15) is 0 Å². The van der Waals surface area contributed by atoms with Crippen LogP contribution in [0.15, 0.2) is 54.6 Å². The van der Waals surface area contributed by atoms with Crippen LogP contribution in [0.1, 0.15) is 95.9 Å². The highest BCUT2D eigenvalue weighted by Gasteiger charge is 2.39. The Labute approximate surface area is 218 Å². The third-order valence-corrected chi connectivity index (χ3v) is 8.24. The smallest absolute Gasteiger partial charge is 0.0717 e. The Morgan fingerprint density at radius 3 is 2.17 bits per heavy atom. The summed E-state index contributed by atoms with van der Waals surface area (Å²) in [6, 6.07) is 20.6. The van der Waals surface area contributed by atoms with Crippen LogP contribution in [0.5, 0.6) is 0 Å². The molecule has 4 aromatic rings. The van der Waals surface area contributed by atoms with Crippen molar-refractivity contribution in [3.8, 4) is 11.3 Å². The Kier molecular flexibility index (Phi) is 5.86. The SMILES string of the molecule is Cc1cc(C)c2c(C3CC(C)(C)CC(C)(C)C3)cc(-c3cc(C(C)(C)C)c4ccccc4c3)nc2c1. The van der Waals surface area contributed by atoms with Crippen molar-refractivity contribution in [3.05, 3.63) is 76.9 Å². The average molecular weight is 478 g/mol. The van der Waals surface area contributed by atoms with E-state index in [-0.39, 0.29) is 5.41 Å². The average Bonchev–Trinajstić information content (AvgIpc) is 2.74. The van der Waals surface area contributed by atoms with Crippen molar-refractivity contribution in [1.82, 2.24) is 4.98 Å². The molecule has 1 nitrogen and oxygen atoms in total. The summed E-state index contributed by atoms with van der Waals surface area (Å²) in [7, 11) is 0. The molecule has 1 heteroatoms. The van der Waals surface area contributed by atoms with Gasteiger partial charge in [0.1, 0.15) is 0 Å². The van der Waals surface area contributed by atoms with E-state index in [1.165, 1.54) is 63.2 Å². The molecule has 0 bridgehead atoms. The van der Waals surface area contributed by atoms with Gasteiger partial charge in [0.2, 0.25) is 0 Å². The summed E-state index contributed by atoms with van der Waals surface area (Å²) in [6.07, 6.45) is 3.74. The van der Waals surface area contributed by atoms with E-state index in [0.29, 0.717) is 16.7 Å². The van der Waals surface area contributed by atoms with Gasteiger partial charge in [0.15, 0.2) is 0 Å². The van der Waals surface area contributed by atoms with Crippen molar-refractivity contribution < 1.29 is 0 Å². The molecule has 0 radical (unpaired) electrons. The Bertz CT molecular complexity index is 1450. The molecule has 1 saturated carbocycles. The fourth-order valence-corrected chi connectivity index (χ4v) is 7.41. The van der Waals surface area contributed by atoms with Crippen molar-refractivity contribution in [3.63, 3.8) is 0 Å². The van der Waals surface area contributed by atoms with Crippen molar-refractivity contribution in [1.29, 1.82) is 0 Å². The molecule has 1 aliphatic carbocycles. The Hall–Kier alpha value is -2.67. The van der Waals surface area contributed by atoms with Gasteiger partial charge in [-0.3, -0.25) is 0 Å². The predicted molar refractivity (Wildman–Crippen MR) is 157 cm³/mol. The molecule has 5 rings (SSSR count). The molecule has 36 heavy (non-hydrogen) atoms. The highest BCUT2D eigenvalue weighted by Crippen LogP contribution is 2.53. The molecule has 0 saturated heterocycles. The molecular formula is C35H43N. The van der Waals surface area contributed by atoms with Gasteiger partial charge in [-0.2, -0.15) is 0 Å². The van der Waals surface area contributed by atoms with Crippen LogP contribution in [0.25, 0.3) is 32.9 Å². The number of rotatable bonds is 2. The van der Waals surface area contributed by atoms with Crippen molar-refractivity contribution in [2.45, 2.75) is 92.9 Å². The first-order chi connectivity index (χ1) is 16.7. The lowest BCUT2D eigenvalue weighted by Gasteiger charge is -2.45. The maximum Gasteiger partial charge on any atom is 0.0717 e. The molecule has 0 amide bonds. The van der Waals surface area contributed by atoms with Gasteiger partial charge in [-0.25, -0.2) is 4.98 Å². The van der Waals surface area contributed by atoms with Crippen molar-refractivity contribution >= 4 is 21.7 Å². The molecule has 0 atom stereocenters. The molecule has 0 aliphatic heterocycles. The lowest BCUT2D eigenvalue weighted by Crippen LogP contribution is -2.33. The first kappa shape index (κ1) is 25.0. The highest BCUT2D eigenvalue weighted by molar-refractivity contribution is 5.93. The minimum atomic E-state index is 0.0554. The van der Waals surface area contributed by atoms with E-state index >= 15 is 0 Å². The molecule has 1 aromatic heterocycles. The van der Waals surface area contributed by atoms with Crippen LogP contribution in [-0.2, 0) is 5.41 Å². The van der Waals surface area contributed by atoms with Gasteiger partial charge in [-0.1, -0.05) is 78.8 Å². The third-order valence-electron chi connectivity index (χ3n) is 8.24. The zero-order valence-corrected chi connectivity index (χ0v) is 23.8. The van der Waals surface area contributed by atoms with E-state index < -0.39 is 0 Å². The van der Waals surface area contributed by atoms with E-state index in [0.717, 1.165) is 11.2 Å². The van der Waals surface area contributed by atoms with Gasteiger partial charge in [-0.05, 0) is 113 Å². The lowest BCUT2D eigenvalue weighted by molar-refractivity contribution is 0.0973. The van der Waals surface area contributed by atoms with E-state index in [4.69, 9.17) is 4.98 Å². The molecule has 3 aromatic carbocycles. The monoisotopic (exact) mass is 477 g/mol. The molecule has 0 unspecified atom stereocenters. The second kappa shape index (κ2) is 8.44. The van der Waals surface area contributed by atoms with Crippen LogP contribution in [0.4, 0.5) is 0 Å². The Morgan fingerprint density at radius 2 is 1.50 bits per heavy atom. The summed E-state index contributed by atoms with van der Waals surface area (Å²) in [5, 5.41) is 4.01. The maximum atomic E-state index is 5.33. The fourth-order valence-electron chi connectivity index (χ4n) is 7.41. The summed E-state index contributed by atoms with van der Waals surface area (Å²) in [6.45, 7) is 21.3. The summed E-state index contributed by atoms with van der Waals surface area (Å²) in [4.78, 5) is 5.33. The third kappa shape index (κ3) is 4.70. The number of aromatic nitrogens is 1. The highest BCUT2D eigenvalue weighted by atomic mass is 14.7. The van der Waals surface area contributed by atoms with E-state index in [2.05, 4.69) is 117 Å². The van der Waals surface area contributed by atoms with Crippen molar-refractivity contribution in [2.75, 3.05) is 0 Å². The molecule has 1 heterocycles. The number of nitrogens with zero attached hydrogens (tertiary/aromatic N) is 1. The number of benzene rings is 3. The summed E-state index contributed by atoms with van der Waals surface area (Å²) < 4.78 is 0. The van der Waals surface area contributed by atoms with Gasteiger partial charge >= 0.3 is 0 Å². The van der Waals surface area contributed by atoms with Crippen LogP contribution in [-0.4, -0.2) is 4.98 Å². The maximum absolute atomic E-state index is 5.33. The first-order valence-electron chi connectivity index (χ1n) is 13.7. The normalized spacial score (nSPS) is 18.1. The van der Waals surface area contributed by atoms with Crippen LogP contribution in [0.3, 0.4) is 0 Å². The molecule has 0 N–H and O–H groups in total. The molecule has 188 valence electrons. The molecule has 0 spiro atoms. The van der Waals surface area contributed by atoms with Crippen LogP contribution >= 0.6 is 0 Å². The number of hydrogen-bond donors (Lipinski definition) is 0. The first-order valence-corrected chi connectivity index (χ1v) is 13.7. The van der Waals surface area contributed by atoms with E-state index in [1.807, 2.05) is 0 Å². The lowest BCUT2D eigenvalue weighted by atomic mass is 9.60. The standard InChI is InChI=1S/C35H43N/c1-22-14-23(2)32-28(26-19-34(6,7)21-35(8,9)20-26)18-30(36-31(32)15-22)25-16-24-12-10-11-13-27(24)29(17-25)33(3,4)5/h10-18,26H,19-21H2,1-9H3. The minimum Gasteiger partial charge on any atom is -0.248 e. The largest absolute Gasteiger partial charge is 0.248 e. The zero-order valence-electron chi connectivity index (χ0n) is 23.8. The Balaban J connectivity index is 1.79. The van der Waals surface area contributed by atoms with Gasteiger partial charge in [0.25, 0.3) is 0 Å². The predicted octanol–water partition coefficient (Wildman–Crippen LogP) is 10.3. The van der Waals surface area contributed by atoms with Gasteiger partial charge in [0, 0.05) is 10.9 Å². The second-order valence-corrected chi connectivity index (χ2v) is 14.2. The number of pyridine rings is 1. The van der Waals surface area contributed by atoms with Crippen molar-refractivity contribution in [2.24, 2.45) is 10.8 Å². The zero-order chi connectivity index (χ0) is 26.0. The van der Waals surface area contributed by atoms with E-state index in [1.54, 1.807) is 0 Å². The van der Waals surface area contributed by atoms with Crippen LogP contribution in [0, 0.1) is 24.7 Å². The molecular weight excluding hydrogens is 434 g/mol. The van der Waals surface area contributed by atoms with Crippen LogP contribution < -0.4 is 0 Å². The summed E-state index contributed by atoms with van der Waals surface area (Å²) in [5.74, 6) is 0.539. The van der Waals surface area contributed by atoms with Crippen LogP contribution in [0.2, 0.25) is 0 Å². The quantitative estimate of drug-likeness (QED) is 0.280. The molecule has 1 aliphatic rings. The summed E-state index contributed by atoms with van der Waals surface area (Å²) in [5.41, 5.74) is 9.74. The number of fused-ring (bicyclic) bond motifs is 2. The molecule has 1 fully saturated rings. The minimum absolute atomic E-state index is 0.0554. The topological polar surface area (TPSA) is 12.9 Å². The number of aryl methyl sites for hydroxylation is 2. The van der Waals surface area contributed by atoms with Gasteiger partial charge in [0.05, 0.1) is 11.2 Å². The fraction of sp³-hybridized carbons (Fsp3) is 0.457. The second-order valence-electron chi connectivity index (χ2n) is 14.2. The Morgan fingerprint density at radius 1 is 0.833 bits per heavy atom. The van der Waals surface area contributed by atoms with Gasteiger partial charge in [-0.15, -0.1) is 0 Å².